The van der Waals surface area contributed by atoms with Gasteiger partial charge in [-0.15, -0.1) is 0 Å². The quantitative estimate of drug-likeness (QED) is 0.322. The standard InChI is InChI=1S/C33H37F6NO4/c1-17(31(41)42)29(20-4-5-20)21-6-3-19-7-10-27(44-28(19)11-21)30-22-13-40(14-23(30)16-43-15-22)18(2)25-12-24(32(34,35)36)8-9-26(25)33(37,38)39/h3,6,8-9,11-12,17-18,20,22-23,27,29-30H,4-5,7,10,13-16H2,1-2H3,(H,41,42)/t17-,18-,22?,23?,27?,29-,30?/m0/s1. The molecule has 11 heteroatoms. The second-order valence-corrected chi connectivity index (χ2v) is 13.1. The first-order chi connectivity index (χ1) is 20.7. The molecule has 3 heterocycles. The maximum absolute atomic E-state index is 13.9. The topological polar surface area (TPSA) is 59.0 Å². The van der Waals surface area contributed by atoms with Crippen LogP contribution in [0, 0.1) is 29.6 Å². The van der Waals surface area contributed by atoms with Crippen LogP contribution in [0.3, 0.4) is 0 Å². The van der Waals surface area contributed by atoms with Crippen molar-refractivity contribution in [2.45, 2.75) is 69.9 Å². The Kier molecular flexibility index (Phi) is 8.18. The molecule has 240 valence electrons. The lowest BCUT2D eigenvalue weighted by atomic mass is 9.71. The number of aryl methyl sites for hydroxylation is 1. The van der Waals surface area contributed by atoms with Crippen LogP contribution in [-0.2, 0) is 28.3 Å². The second kappa shape index (κ2) is 11.5. The summed E-state index contributed by atoms with van der Waals surface area (Å²) in [6, 6.07) is 6.85. The molecule has 0 aromatic heterocycles. The number of piperidine rings is 1. The Morgan fingerprint density at radius 2 is 1.61 bits per heavy atom. The fraction of sp³-hybridized carbons (Fsp3) is 0.606. The molecule has 1 aliphatic carbocycles. The van der Waals surface area contributed by atoms with Crippen molar-refractivity contribution in [2.75, 3.05) is 26.3 Å². The molecule has 3 fully saturated rings. The third-order valence-electron chi connectivity index (χ3n) is 10.3. The maximum Gasteiger partial charge on any atom is 0.416 e. The molecule has 1 saturated carbocycles. The van der Waals surface area contributed by atoms with Crippen LogP contribution < -0.4 is 4.74 Å². The normalized spacial score (nSPS) is 28.0. The molecule has 4 aliphatic rings. The number of carboxylic acids is 1. The Bertz CT molecular complexity index is 1380. The molecule has 0 amide bonds. The summed E-state index contributed by atoms with van der Waals surface area (Å²) in [5, 5.41) is 9.72. The smallest absolute Gasteiger partial charge is 0.416 e. The minimum Gasteiger partial charge on any atom is -0.490 e. The zero-order valence-electron chi connectivity index (χ0n) is 24.6. The van der Waals surface area contributed by atoms with Crippen molar-refractivity contribution in [3.8, 4) is 5.75 Å². The number of hydrogen-bond acceptors (Lipinski definition) is 4. The van der Waals surface area contributed by atoms with Gasteiger partial charge in [0.1, 0.15) is 11.9 Å². The second-order valence-electron chi connectivity index (χ2n) is 13.1. The summed E-state index contributed by atoms with van der Waals surface area (Å²) < 4.78 is 94.7. The molecule has 5 nitrogen and oxygen atoms in total. The van der Waals surface area contributed by atoms with Crippen molar-refractivity contribution in [1.82, 2.24) is 4.90 Å². The largest absolute Gasteiger partial charge is 0.490 e. The van der Waals surface area contributed by atoms with Crippen molar-refractivity contribution in [1.29, 1.82) is 0 Å². The lowest BCUT2D eigenvalue weighted by molar-refractivity contribution is -0.143. The molecule has 0 spiro atoms. The number of halogens is 6. The van der Waals surface area contributed by atoms with Gasteiger partial charge in [0.15, 0.2) is 0 Å². The Labute approximate surface area is 252 Å². The number of aliphatic carboxylic acids is 1. The van der Waals surface area contributed by atoms with Crippen molar-refractivity contribution in [3.63, 3.8) is 0 Å². The first kappa shape index (κ1) is 31.2. The Hall–Kier alpha value is -2.79. The number of ether oxygens (including phenoxy) is 2. The maximum atomic E-state index is 13.9. The number of alkyl halides is 6. The molecular formula is C33H37F6NO4. The zero-order valence-corrected chi connectivity index (χ0v) is 24.6. The highest BCUT2D eigenvalue weighted by atomic mass is 19.4. The van der Waals surface area contributed by atoms with Crippen LogP contribution in [0.25, 0.3) is 0 Å². The number of likely N-dealkylation sites (tertiary alicyclic amines) is 1. The summed E-state index contributed by atoms with van der Waals surface area (Å²) >= 11 is 0. The van der Waals surface area contributed by atoms with Crippen molar-refractivity contribution < 1.29 is 45.7 Å². The minimum atomic E-state index is -4.78. The molecule has 2 aromatic carbocycles. The third-order valence-corrected chi connectivity index (χ3v) is 10.3. The third kappa shape index (κ3) is 6.06. The summed E-state index contributed by atoms with van der Waals surface area (Å²) in [6.07, 6.45) is -6.11. The molecule has 6 rings (SSSR count). The molecule has 0 radical (unpaired) electrons. The average Bonchev–Trinajstić information content (AvgIpc) is 3.79. The van der Waals surface area contributed by atoms with E-state index in [1.807, 2.05) is 23.1 Å². The van der Waals surface area contributed by atoms with E-state index < -0.39 is 41.4 Å². The monoisotopic (exact) mass is 625 g/mol. The summed E-state index contributed by atoms with van der Waals surface area (Å²) in [4.78, 5) is 13.7. The Balaban J connectivity index is 1.22. The van der Waals surface area contributed by atoms with Crippen LogP contribution in [0.4, 0.5) is 26.3 Å². The Morgan fingerprint density at radius 3 is 2.20 bits per heavy atom. The van der Waals surface area contributed by atoms with Gasteiger partial charge >= 0.3 is 18.3 Å². The molecule has 2 aromatic rings. The molecular weight excluding hydrogens is 588 g/mol. The number of carboxylic acid groups (broad SMARTS) is 1. The van der Waals surface area contributed by atoms with E-state index in [1.165, 1.54) is 0 Å². The molecule has 1 N–H and O–H groups in total. The highest BCUT2D eigenvalue weighted by molar-refractivity contribution is 5.71. The number of rotatable bonds is 7. The average molecular weight is 626 g/mol. The van der Waals surface area contributed by atoms with E-state index >= 15 is 0 Å². The number of benzene rings is 2. The lowest BCUT2D eigenvalue weighted by Gasteiger charge is -2.51. The van der Waals surface area contributed by atoms with E-state index in [4.69, 9.17) is 9.47 Å². The van der Waals surface area contributed by atoms with Gasteiger partial charge in [-0.3, -0.25) is 9.69 Å². The van der Waals surface area contributed by atoms with Gasteiger partial charge in [-0.05, 0) is 85.4 Å². The van der Waals surface area contributed by atoms with Gasteiger partial charge in [-0.2, -0.15) is 26.3 Å². The van der Waals surface area contributed by atoms with E-state index in [-0.39, 0.29) is 35.3 Å². The molecule has 2 bridgehead atoms. The lowest BCUT2D eigenvalue weighted by Crippen LogP contribution is -2.57. The van der Waals surface area contributed by atoms with Gasteiger partial charge in [0, 0.05) is 36.9 Å². The van der Waals surface area contributed by atoms with E-state index in [0.29, 0.717) is 50.4 Å². The van der Waals surface area contributed by atoms with E-state index in [2.05, 4.69) is 0 Å². The van der Waals surface area contributed by atoms with Crippen LogP contribution in [0.1, 0.15) is 72.9 Å². The van der Waals surface area contributed by atoms with Gasteiger partial charge in [-0.1, -0.05) is 19.1 Å². The van der Waals surface area contributed by atoms with Crippen LogP contribution >= 0.6 is 0 Å². The summed E-state index contributed by atoms with van der Waals surface area (Å²) in [7, 11) is 0. The van der Waals surface area contributed by atoms with Gasteiger partial charge < -0.3 is 14.6 Å². The van der Waals surface area contributed by atoms with Crippen LogP contribution in [0.15, 0.2) is 36.4 Å². The molecule has 6 atom stereocenters. The van der Waals surface area contributed by atoms with Crippen LogP contribution in [0.5, 0.6) is 5.75 Å². The minimum absolute atomic E-state index is 0.0638. The number of hydrogen-bond donors (Lipinski definition) is 1. The first-order valence-corrected chi connectivity index (χ1v) is 15.3. The number of fused-ring (bicyclic) bond motifs is 3. The molecule has 2 saturated heterocycles. The zero-order chi connectivity index (χ0) is 31.6. The first-order valence-electron chi connectivity index (χ1n) is 15.3. The van der Waals surface area contributed by atoms with Gasteiger partial charge in [0.25, 0.3) is 0 Å². The van der Waals surface area contributed by atoms with E-state index in [1.54, 1.807) is 13.8 Å². The van der Waals surface area contributed by atoms with Gasteiger partial charge in [0.05, 0.1) is 30.3 Å². The van der Waals surface area contributed by atoms with Crippen LogP contribution in [0.2, 0.25) is 0 Å². The highest BCUT2D eigenvalue weighted by Gasteiger charge is 2.48. The predicted molar refractivity (Wildman–Crippen MR) is 149 cm³/mol. The summed E-state index contributed by atoms with van der Waals surface area (Å²) in [5.74, 6) is -0.373. The summed E-state index contributed by atoms with van der Waals surface area (Å²) in [6.45, 7) is 4.84. The number of nitrogens with zero attached hydrogens (tertiary/aromatic N) is 1. The van der Waals surface area contributed by atoms with E-state index in [9.17, 15) is 36.2 Å². The fourth-order valence-corrected chi connectivity index (χ4v) is 7.93. The van der Waals surface area contributed by atoms with Crippen molar-refractivity contribution >= 4 is 5.97 Å². The summed E-state index contributed by atoms with van der Waals surface area (Å²) in [5.41, 5.74) is -0.483. The number of carbonyl (C=O) groups is 1. The fourth-order valence-electron chi connectivity index (χ4n) is 7.93. The molecule has 3 aliphatic heterocycles. The van der Waals surface area contributed by atoms with E-state index in [0.717, 1.165) is 42.6 Å². The predicted octanol–water partition coefficient (Wildman–Crippen LogP) is 7.59. The molecule has 3 unspecified atom stereocenters. The Morgan fingerprint density at radius 1 is 0.932 bits per heavy atom. The van der Waals surface area contributed by atoms with Crippen LogP contribution in [-0.4, -0.2) is 48.4 Å². The molecule has 44 heavy (non-hydrogen) atoms. The van der Waals surface area contributed by atoms with Gasteiger partial charge in [-0.25, -0.2) is 0 Å². The van der Waals surface area contributed by atoms with Crippen molar-refractivity contribution in [2.24, 2.45) is 29.6 Å². The SMILES string of the molecule is C[C@H](C(=O)O)[C@H](c1ccc2c(c1)OC(C1C3COCC1CN([C@@H](C)c1cc(C(F)(F)F)ccc1C(F)(F)F)C3)CC2)C1CC1. The van der Waals surface area contributed by atoms with Gasteiger partial charge in [0.2, 0.25) is 0 Å². The highest BCUT2D eigenvalue weighted by Crippen LogP contribution is 2.49. The van der Waals surface area contributed by atoms with Crippen molar-refractivity contribution in [3.05, 3.63) is 64.2 Å².